The Labute approximate surface area is 147 Å². The Hall–Kier alpha value is -0.950. The zero-order chi connectivity index (χ0) is 16.1. The van der Waals surface area contributed by atoms with Crippen LogP contribution >= 0.6 is 12.4 Å². The van der Waals surface area contributed by atoms with Crippen molar-refractivity contribution >= 4 is 12.4 Å². The van der Waals surface area contributed by atoms with E-state index in [-0.39, 0.29) is 24.3 Å². The van der Waals surface area contributed by atoms with Gasteiger partial charge in [-0.15, -0.1) is 12.4 Å². The van der Waals surface area contributed by atoms with Crippen LogP contribution in [0, 0.1) is 5.92 Å². The molecule has 2 aliphatic heterocycles. The molecule has 0 bridgehead atoms. The summed E-state index contributed by atoms with van der Waals surface area (Å²) in [7, 11) is 0. The van der Waals surface area contributed by atoms with Gasteiger partial charge in [0.25, 0.3) is 0 Å². The summed E-state index contributed by atoms with van der Waals surface area (Å²) in [5, 5.41) is 3.40. The standard InChI is InChI=1S/C17H24F2N2O2.ClH/c18-17(19)23-15-3-1-14(2-4-15)16-12-21(9-10-22-16)11-13-5-7-20-8-6-13;/h1-4,13,16-17,20H,5-12H2;1H. The van der Waals surface area contributed by atoms with Gasteiger partial charge in [-0.1, -0.05) is 12.1 Å². The number of alkyl halides is 2. The van der Waals surface area contributed by atoms with E-state index in [1.807, 2.05) is 12.1 Å². The topological polar surface area (TPSA) is 33.7 Å². The van der Waals surface area contributed by atoms with Crippen LogP contribution in [0.15, 0.2) is 24.3 Å². The number of morpholine rings is 1. The minimum Gasteiger partial charge on any atom is -0.435 e. The number of piperidine rings is 1. The molecule has 4 nitrogen and oxygen atoms in total. The van der Waals surface area contributed by atoms with Gasteiger partial charge in [0.1, 0.15) is 5.75 Å². The molecule has 1 aromatic rings. The van der Waals surface area contributed by atoms with Gasteiger partial charge in [0, 0.05) is 19.6 Å². The first kappa shape index (κ1) is 19.4. The smallest absolute Gasteiger partial charge is 0.387 e. The molecule has 0 spiro atoms. The quantitative estimate of drug-likeness (QED) is 0.872. The second-order valence-corrected chi connectivity index (χ2v) is 6.26. The minimum absolute atomic E-state index is 0. The van der Waals surface area contributed by atoms with Gasteiger partial charge in [-0.3, -0.25) is 4.90 Å². The zero-order valence-corrected chi connectivity index (χ0v) is 14.4. The summed E-state index contributed by atoms with van der Waals surface area (Å²) in [6.45, 7) is 3.10. The first-order valence-electron chi connectivity index (χ1n) is 8.30. The summed E-state index contributed by atoms with van der Waals surface area (Å²) in [4.78, 5) is 2.47. The molecule has 136 valence electrons. The van der Waals surface area contributed by atoms with Crippen molar-refractivity contribution in [2.75, 3.05) is 39.3 Å². The lowest BCUT2D eigenvalue weighted by atomic mass is 9.97. The third-order valence-electron chi connectivity index (χ3n) is 4.60. The summed E-state index contributed by atoms with van der Waals surface area (Å²) in [6, 6.07) is 6.79. The second kappa shape index (κ2) is 9.51. The molecule has 3 rings (SSSR count). The Bertz CT molecular complexity index is 484. The summed E-state index contributed by atoms with van der Waals surface area (Å²) < 4.78 is 34.6. The molecule has 0 aromatic heterocycles. The van der Waals surface area contributed by atoms with Crippen molar-refractivity contribution in [3.05, 3.63) is 29.8 Å². The van der Waals surface area contributed by atoms with Gasteiger partial charge in [0.05, 0.1) is 12.7 Å². The van der Waals surface area contributed by atoms with E-state index in [0.29, 0.717) is 6.61 Å². The lowest BCUT2D eigenvalue weighted by molar-refractivity contribution is -0.0500. The maximum atomic E-state index is 12.2. The summed E-state index contributed by atoms with van der Waals surface area (Å²) in [5.41, 5.74) is 1.02. The molecule has 24 heavy (non-hydrogen) atoms. The summed E-state index contributed by atoms with van der Waals surface area (Å²) >= 11 is 0. The van der Waals surface area contributed by atoms with Crippen molar-refractivity contribution in [3.63, 3.8) is 0 Å². The van der Waals surface area contributed by atoms with Gasteiger partial charge >= 0.3 is 6.61 Å². The van der Waals surface area contributed by atoms with Gasteiger partial charge in [-0.05, 0) is 49.5 Å². The average Bonchev–Trinajstić information content (AvgIpc) is 2.56. The van der Waals surface area contributed by atoms with E-state index in [4.69, 9.17) is 4.74 Å². The highest BCUT2D eigenvalue weighted by Crippen LogP contribution is 2.26. The zero-order valence-electron chi connectivity index (χ0n) is 13.6. The van der Waals surface area contributed by atoms with E-state index in [1.54, 1.807) is 12.1 Å². The lowest BCUT2D eigenvalue weighted by Crippen LogP contribution is -2.43. The van der Waals surface area contributed by atoms with Gasteiger partial charge in [-0.25, -0.2) is 0 Å². The molecule has 1 aromatic carbocycles. The predicted molar refractivity (Wildman–Crippen MR) is 91.0 cm³/mol. The Balaban J connectivity index is 0.00000208. The highest BCUT2D eigenvalue weighted by molar-refractivity contribution is 5.85. The molecule has 2 fully saturated rings. The first-order valence-corrected chi connectivity index (χ1v) is 8.30. The predicted octanol–water partition coefficient (Wildman–Crippen LogP) is 3.08. The van der Waals surface area contributed by atoms with Crippen LogP contribution in [0.5, 0.6) is 5.75 Å². The maximum Gasteiger partial charge on any atom is 0.387 e. The normalized spacial score (nSPS) is 23.0. The molecule has 2 heterocycles. The summed E-state index contributed by atoms with van der Waals surface area (Å²) in [6.07, 6.45) is 2.48. The molecule has 7 heteroatoms. The molecule has 0 aliphatic carbocycles. The Morgan fingerprint density at radius 2 is 1.92 bits per heavy atom. The number of halogens is 3. The molecule has 2 saturated heterocycles. The lowest BCUT2D eigenvalue weighted by Gasteiger charge is -2.36. The molecule has 0 amide bonds. The van der Waals surface area contributed by atoms with Crippen LogP contribution in [0.3, 0.4) is 0 Å². The second-order valence-electron chi connectivity index (χ2n) is 6.26. The Morgan fingerprint density at radius 3 is 2.58 bits per heavy atom. The number of nitrogens with zero attached hydrogens (tertiary/aromatic N) is 1. The number of hydrogen-bond acceptors (Lipinski definition) is 4. The maximum absolute atomic E-state index is 12.2. The molecule has 1 N–H and O–H groups in total. The molecular formula is C17H25ClF2N2O2. The molecule has 1 atom stereocenters. The van der Waals surface area contributed by atoms with Crippen molar-refractivity contribution in [3.8, 4) is 5.75 Å². The van der Waals surface area contributed by atoms with E-state index >= 15 is 0 Å². The molecular weight excluding hydrogens is 338 g/mol. The van der Waals surface area contributed by atoms with Crippen LogP contribution in [-0.2, 0) is 4.74 Å². The van der Waals surface area contributed by atoms with Crippen molar-refractivity contribution < 1.29 is 18.3 Å². The van der Waals surface area contributed by atoms with Gasteiger partial charge in [-0.2, -0.15) is 8.78 Å². The van der Waals surface area contributed by atoms with E-state index < -0.39 is 6.61 Å². The number of hydrogen-bond donors (Lipinski definition) is 1. The van der Waals surface area contributed by atoms with Crippen LogP contribution in [0.1, 0.15) is 24.5 Å². The van der Waals surface area contributed by atoms with Gasteiger partial charge < -0.3 is 14.8 Å². The highest BCUT2D eigenvalue weighted by Gasteiger charge is 2.24. The minimum atomic E-state index is -2.78. The largest absolute Gasteiger partial charge is 0.435 e. The Kier molecular flexibility index (Phi) is 7.68. The fraction of sp³-hybridized carbons (Fsp3) is 0.647. The first-order chi connectivity index (χ1) is 11.2. The fourth-order valence-electron chi connectivity index (χ4n) is 3.36. The molecule has 0 saturated carbocycles. The van der Waals surface area contributed by atoms with E-state index in [0.717, 1.165) is 44.2 Å². The Morgan fingerprint density at radius 1 is 1.21 bits per heavy atom. The monoisotopic (exact) mass is 362 g/mol. The molecule has 0 radical (unpaired) electrons. The number of rotatable bonds is 5. The van der Waals surface area contributed by atoms with Gasteiger partial charge in [0.15, 0.2) is 0 Å². The van der Waals surface area contributed by atoms with Gasteiger partial charge in [0.2, 0.25) is 0 Å². The van der Waals surface area contributed by atoms with Crippen molar-refractivity contribution in [2.24, 2.45) is 5.92 Å². The fourth-order valence-corrected chi connectivity index (χ4v) is 3.36. The third-order valence-corrected chi connectivity index (χ3v) is 4.60. The SMILES string of the molecule is Cl.FC(F)Oc1ccc(C2CN(CC3CCNCC3)CCO2)cc1. The van der Waals surface area contributed by atoms with E-state index in [9.17, 15) is 8.78 Å². The van der Waals surface area contributed by atoms with Crippen molar-refractivity contribution in [2.45, 2.75) is 25.6 Å². The molecule has 2 aliphatic rings. The van der Waals surface area contributed by atoms with Crippen LogP contribution < -0.4 is 10.1 Å². The van der Waals surface area contributed by atoms with Crippen molar-refractivity contribution in [1.29, 1.82) is 0 Å². The van der Waals surface area contributed by atoms with Crippen LogP contribution in [-0.4, -0.2) is 50.8 Å². The summed E-state index contributed by atoms with van der Waals surface area (Å²) in [5.74, 6) is 0.947. The third kappa shape index (κ3) is 5.55. The number of ether oxygens (including phenoxy) is 2. The van der Waals surface area contributed by atoms with E-state index in [2.05, 4.69) is 15.0 Å². The van der Waals surface area contributed by atoms with Crippen LogP contribution in [0.2, 0.25) is 0 Å². The number of nitrogens with one attached hydrogen (secondary N) is 1. The number of benzene rings is 1. The van der Waals surface area contributed by atoms with Crippen molar-refractivity contribution in [1.82, 2.24) is 10.2 Å². The van der Waals surface area contributed by atoms with Crippen LogP contribution in [0.25, 0.3) is 0 Å². The van der Waals surface area contributed by atoms with E-state index in [1.165, 1.54) is 12.8 Å². The highest BCUT2D eigenvalue weighted by atomic mass is 35.5. The molecule has 1 unspecified atom stereocenters. The van der Waals surface area contributed by atoms with Crippen LogP contribution in [0.4, 0.5) is 8.78 Å². The average molecular weight is 363 g/mol.